The Morgan fingerprint density at radius 2 is 1.61 bits per heavy atom. The Kier molecular flexibility index (Phi) is 5.14. The van der Waals surface area contributed by atoms with Crippen LogP contribution >= 0.6 is 0 Å². The van der Waals surface area contributed by atoms with Gasteiger partial charge in [-0.2, -0.15) is 0 Å². The summed E-state index contributed by atoms with van der Waals surface area (Å²) in [5.41, 5.74) is 3.71. The van der Waals surface area contributed by atoms with E-state index in [2.05, 4.69) is 12.2 Å². The minimum atomic E-state index is -0.450. The maximum absolute atomic E-state index is 13.7. The van der Waals surface area contributed by atoms with E-state index in [9.17, 15) is 4.79 Å². The zero-order valence-electron chi connectivity index (χ0n) is 17.2. The number of hydrogen-bond acceptors (Lipinski definition) is 4. The number of benzene rings is 3. The Labute approximate surface area is 182 Å². The number of anilines is 1. The lowest BCUT2D eigenvalue weighted by Crippen LogP contribution is -2.40. The standard InChI is InChI=1S/C27H23NO3/c1-30-23-15-12-19(13-16-23)18-21-14-17-24-25(21)26(27(29)20-8-4-2-5-9-20)28(31-24)22-10-6-3-7-11-22/h2-18,24-26H,1H3/b21-18+/t24-,25+,26+/m1/s1. The molecule has 0 radical (unpaired) electrons. The molecule has 0 amide bonds. The Morgan fingerprint density at radius 3 is 2.29 bits per heavy atom. The van der Waals surface area contributed by atoms with Gasteiger partial charge in [-0.05, 0) is 35.4 Å². The van der Waals surface area contributed by atoms with E-state index in [1.807, 2.05) is 91.0 Å². The summed E-state index contributed by atoms with van der Waals surface area (Å²) in [6, 6.07) is 26.8. The van der Waals surface area contributed by atoms with Crippen LogP contribution in [0.5, 0.6) is 5.75 Å². The number of para-hydroxylation sites is 1. The van der Waals surface area contributed by atoms with Gasteiger partial charge >= 0.3 is 0 Å². The molecule has 1 fully saturated rings. The highest BCUT2D eigenvalue weighted by Gasteiger charge is 2.50. The average molecular weight is 409 g/mol. The number of fused-ring (bicyclic) bond motifs is 1. The van der Waals surface area contributed by atoms with Crippen molar-refractivity contribution in [1.82, 2.24) is 0 Å². The third-order valence-electron chi connectivity index (χ3n) is 5.83. The predicted octanol–water partition coefficient (Wildman–Crippen LogP) is 5.34. The van der Waals surface area contributed by atoms with E-state index in [0.717, 1.165) is 22.6 Å². The van der Waals surface area contributed by atoms with Gasteiger partial charge in [-0.3, -0.25) is 9.63 Å². The first-order valence-electron chi connectivity index (χ1n) is 10.4. The van der Waals surface area contributed by atoms with Gasteiger partial charge in [0.05, 0.1) is 12.8 Å². The minimum Gasteiger partial charge on any atom is -0.497 e. The number of allylic oxidation sites excluding steroid dienone is 1. The van der Waals surface area contributed by atoms with Crippen molar-refractivity contribution in [3.05, 3.63) is 114 Å². The van der Waals surface area contributed by atoms with Gasteiger partial charge in [0.1, 0.15) is 17.9 Å². The van der Waals surface area contributed by atoms with Crippen LogP contribution in [-0.2, 0) is 4.84 Å². The highest BCUT2D eigenvalue weighted by atomic mass is 16.7. The monoisotopic (exact) mass is 409 g/mol. The lowest BCUT2D eigenvalue weighted by Gasteiger charge is -2.26. The van der Waals surface area contributed by atoms with Crippen LogP contribution in [0.3, 0.4) is 0 Å². The number of nitrogens with zero attached hydrogens (tertiary/aromatic N) is 1. The summed E-state index contributed by atoms with van der Waals surface area (Å²) in [7, 11) is 1.66. The molecule has 3 aromatic carbocycles. The number of hydrogen-bond donors (Lipinski definition) is 0. The van der Waals surface area contributed by atoms with Crippen molar-refractivity contribution in [2.75, 3.05) is 12.2 Å². The maximum Gasteiger partial charge on any atom is 0.188 e. The molecule has 154 valence electrons. The van der Waals surface area contributed by atoms with Gasteiger partial charge in [-0.15, -0.1) is 0 Å². The van der Waals surface area contributed by atoms with Crippen molar-refractivity contribution in [2.24, 2.45) is 5.92 Å². The van der Waals surface area contributed by atoms with Crippen LogP contribution in [0.1, 0.15) is 15.9 Å². The predicted molar refractivity (Wildman–Crippen MR) is 122 cm³/mol. The Hall–Kier alpha value is -3.63. The van der Waals surface area contributed by atoms with E-state index in [4.69, 9.17) is 9.57 Å². The second-order valence-electron chi connectivity index (χ2n) is 7.71. The number of methoxy groups -OCH3 is 1. The molecule has 0 saturated carbocycles. The molecule has 0 aromatic heterocycles. The van der Waals surface area contributed by atoms with Crippen LogP contribution in [0, 0.1) is 5.92 Å². The molecule has 4 heteroatoms. The van der Waals surface area contributed by atoms with Crippen molar-refractivity contribution < 1.29 is 14.4 Å². The fourth-order valence-corrected chi connectivity index (χ4v) is 4.31. The highest BCUT2D eigenvalue weighted by molar-refractivity contribution is 6.03. The Morgan fingerprint density at radius 1 is 0.935 bits per heavy atom. The van der Waals surface area contributed by atoms with E-state index >= 15 is 0 Å². The van der Waals surface area contributed by atoms with E-state index in [1.54, 1.807) is 12.2 Å². The molecule has 0 N–H and O–H groups in total. The molecule has 1 saturated heterocycles. The lowest BCUT2D eigenvalue weighted by molar-refractivity contribution is 0.0885. The summed E-state index contributed by atoms with van der Waals surface area (Å²) in [5.74, 6) is 0.787. The zero-order valence-corrected chi connectivity index (χ0v) is 17.2. The fraction of sp³-hybridized carbons (Fsp3) is 0.148. The Balaban J connectivity index is 1.54. The topological polar surface area (TPSA) is 38.8 Å². The zero-order chi connectivity index (χ0) is 21.2. The minimum absolute atomic E-state index is 0.0567. The Bertz CT molecular complexity index is 1120. The van der Waals surface area contributed by atoms with Crippen LogP contribution in [0.15, 0.2) is 103 Å². The number of carbonyl (C=O) groups excluding carboxylic acids is 1. The molecule has 31 heavy (non-hydrogen) atoms. The van der Waals surface area contributed by atoms with Crippen molar-refractivity contribution >= 4 is 17.5 Å². The maximum atomic E-state index is 13.7. The van der Waals surface area contributed by atoms with Crippen molar-refractivity contribution in [3.63, 3.8) is 0 Å². The van der Waals surface area contributed by atoms with Gasteiger partial charge < -0.3 is 4.74 Å². The summed E-state index contributed by atoms with van der Waals surface area (Å²) >= 11 is 0. The smallest absolute Gasteiger partial charge is 0.188 e. The number of carbonyl (C=O) groups is 1. The van der Waals surface area contributed by atoms with Gasteiger partial charge in [-0.1, -0.05) is 78.9 Å². The van der Waals surface area contributed by atoms with Crippen LogP contribution in [0.4, 0.5) is 5.69 Å². The van der Waals surface area contributed by atoms with Crippen LogP contribution in [0.2, 0.25) is 0 Å². The average Bonchev–Trinajstić information content (AvgIpc) is 3.40. The SMILES string of the molecule is COc1ccc(/C=C2\C=C[C@H]3ON(c4ccccc4)[C@H](C(=O)c4ccccc4)[C@@H]23)cc1. The fourth-order valence-electron chi connectivity index (χ4n) is 4.31. The number of Topliss-reactive ketones (excluding diaryl/α,β-unsaturated/α-hetero) is 1. The first-order chi connectivity index (χ1) is 15.2. The van der Waals surface area contributed by atoms with Gasteiger partial charge in [0.15, 0.2) is 5.78 Å². The van der Waals surface area contributed by atoms with Crippen LogP contribution < -0.4 is 9.80 Å². The summed E-state index contributed by atoms with van der Waals surface area (Å²) in [6.07, 6.45) is 6.08. The molecule has 0 unspecified atom stereocenters. The molecule has 0 bridgehead atoms. The van der Waals surface area contributed by atoms with E-state index in [1.165, 1.54) is 0 Å². The molecule has 1 aliphatic carbocycles. The van der Waals surface area contributed by atoms with Crippen LogP contribution in [0.25, 0.3) is 6.08 Å². The summed E-state index contributed by atoms with van der Waals surface area (Å²) in [5, 5.41) is 1.79. The normalized spacial score (nSPS) is 23.2. The molecule has 4 nitrogen and oxygen atoms in total. The van der Waals surface area contributed by atoms with Gasteiger partial charge in [-0.25, -0.2) is 5.06 Å². The van der Waals surface area contributed by atoms with Crippen molar-refractivity contribution in [3.8, 4) is 5.75 Å². The van der Waals surface area contributed by atoms with Gasteiger partial charge in [0.2, 0.25) is 0 Å². The molecule has 0 spiro atoms. The lowest BCUT2D eigenvalue weighted by atomic mass is 9.86. The molecule has 1 aliphatic heterocycles. The van der Waals surface area contributed by atoms with Crippen LogP contribution in [-0.4, -0.2) is 25.0 Å². The summed E-state index contributed by atoms with van der Waals surface area (Å²) < 4.78 is 5.26. The first kappa shape index (κ1) is 19.3. The van der Waals surface area contributed by atoms with E-state index in [0.29, 0.717) is 5.56 Å². The molecule has 3 aromatic rings. The highest BCUT2D eigenvalue weighted by Crippen LogP contribution is 2.43. The second-order valence-corrected chi connectivity index (χ2v) is 7.71. The molecule has 2 aliphatic rings. The molecule has 5 rings (SSSR count). The van der Waals surface area contributed by atoms with Gasteiger partial charge in [0.25, 0.3) is 0 Å². The quantitative estimate of drug-likeness (QED) is 0.534. The second kappa shape index (κ2) is 8.25. The summed E-state index contributed by atoms with van der Waals surface area (Å²) in [4.78, 5) is 20.0. The molecular formula is C27H23NO3. The first-order valence-corrected chi connectivity index (χ1v) is 10.4. The molecule has 3 atom stereocenters. The van der Waals surface area contributed by atoms with Crippen molar-refractivity contribution in [1.29, 1.82) is 0 Å². The largest absolute Gasteiger partial charge is 0.497 e. The number of ketones is 1. The van der Waals surface area contributed by atoms with Gasteiger partial charge in [0, 0.05) is 11.5 Å². The molecular weight excluding hydrogens is 386 g/mol. The number of hydroxylamine groups is 1. The number of rotatable bonds is 5. The number of ether oxygens (including phenoxy) is 1. The third kappa shape index (κ3) is 3.66. The van der Waals surface area contributed by atoms with Crippen molar-refractivity contribution in [2.45, 2.75) is 12.1 Å². The third-order valence-corrected chi connectivity index (χ3v) is 5.83. The van der Waals surface area contributed by atoms with E-state index in [-0.39, 0.29) is 17.8 Å². The van der Waals surface area contributed by atoms with E-state index < -0.39 is 6.04 Å². The molecule has 1 heterocycles. The summed E-state index contributed by atoms with van der Waals surface area (Å²) in [6.45, 7) is 0.